The zero-order chi connectivity index (χ0) is 33.2. The molecule has 0 aliphatic heterocycles. The average Bonchev–Trinajstić information content (AvgIpc) is 2.93. The van der Waals surface area contributed by atoms with Crippen LogP contribution in [0.15, 0.2) is 72.8 Å². The highest BCUT2D eigenvalue weighted by molar-refractivity contribution is 6.06. The van der Waals surface area contributed by atoms with Crippen LogP contribution in [0.25, 0.3) is 0 Å². The molecule has 3 aromatic carbocycles. The second-order valence-electron chi connectivity index (χ2n) is 13.0. The van der Waals surface area contributed by atoms with E-state index in [4.69, 9.17) is 10.00 Å². The van der Waals surface area contributed by atoms with Gasteiger partial charge in [-0.3, -0.25) is 10.1 Å². The van der Waals surface area contributed by atoms with E-state index in [0.717, 1.165) is 17.7 Å². The first-order valence-corrected chi connectivity index (χ1v) is 14.8. The molecule has 3 aromatic rings. The monoisotopic (exact) mass is 612 g/mol. The molecule has 10 heteroatoms. The lowest BCUT2D eigenvalue weighted by Crippen LogP contribution is -2.44. The van der Waals surface area contributed by atoms with Crippen molar-refractivity contribution in [3.8, 4) is 6.07 Å². The lowest BCUT2D eigenvalue weighted by atomic mass is 9.92. The lowest BCUT2D eigenvalue weighted by molar-refractivity contribution is 0.0635. The Balaban J connectivity index is 1.73. The predicted molar refractivity (Wildman–Crippen MR) is 178 cm³/mol. The maximum Gasteiger partial charge on any atom is 0.412 e. The van der Waals surface area contributed by atoms with Crippen molar-refractivity contribution >= 4 is 35.1 Å². The van der Waals surface area contributed by atoms with Crippen molar-refractivity contribution in [2.75, 3.05) is 43.1 Å². The van der Waals surface area contributed by atoms with Crippen molar-refractivity contribution in [2.45, 2.75) is 53.2 Å². The highest BCUT2D eigenvalue weighted by Crippen LogP contribution is 2.24. The fourth-order valence-electron chi connectivity index (χ4n) is 4.91. The second-order valence-corrected chi connectivity index (χ2v) is 13.0. The Labute approximate surface area is 266 Å². The van der Waals surface area contributed by atoms with Gasteiger partial charge in [-0.25, -0.2) is 9.59 Å². The van der Waals surface area contributed by atoms with Crippen LogP contribution in [0.2, 0.25) is 0 Å². The van der Waals surface area contributed by atoms with Crippen LogP contribution in [0, 0.1) is 16.7 Å². The molecule has 0 radical (unpaired) electrons. The zero-order valence-corrected chi connectivity index (χ0v) is 27.2. The van der Waals surface area contributed by atoms with Crippen molar-refractivity contribution in [1.29, 1.82) is 5.26 Å². The molecule has 0 fully saturated rings. The van der Waals surface area contributed by atoms with Gasteiger partial charge < -0.3 is 25.2 Å². The third kappa shape index (κ3) is 11.6. The Kier molecular flexibility index (Phi) is 11.7. The summed E-state index contributed by atoms with van der Waals surface area (Å²) in [6, 6.07) is 23.1. The molecule has 0 bridgehead atoms. The van der Waals surface area contributed by atoms with E-state index in [-0.39, 0.29) is 17.4 Å². The SMILES string of the molecule is CN(C)CC(C)(C)CN(Cc1ccc(C(=O)Nc2ccccc2NC(=O)OC(C)(C)C)cc1)C(=O)Nc1ccc(CC#N)cc1. The number of rotatable bonds is 11. The molecule has 0 saturated heterocycles. The number of para-hydroxylation sites is 2. The molecule has 3 N–H and O–H groups in total. The van der Waals surface area contributed by atoms with E-state index >= 15 is 0 Å². The van der Waals surface area contributed by atoms with Gasteiger partial charge in [-0.1, -0.05) is 50.2 Å². The van der Waals surface area contributed by atoms with E-state index in [1.807, 2.05) is 38.4 Å². The van der Waals surface area contributed by atoms with Crippen molar-refractivity contribution in [1.82, 2.24) is 9.80 Å². The molecule has 0 unspecified atom stereocenters. The highest BCUT2D eigenvalue weighted by Gasteiger charge is 2.26. The number of hydrogen-bond donors (Lipinski definition) is 3. The first kappa shape index (κ1) is 34.6. The average molecular weight is 613 g/mol. The summed E-state index contributed by atoms with van der Waals surface area (Å²) in [4.78, 5) is 42.8. The van der Waals surface area contributed by atoms with Crippen molar-refractivity contribution in [2.24, 2.45) is 5.41 Å². The number of ether oxygens (including phenoxy) is 1. The third-order valence-electron chi connectivity index (χ3n) is 6.54. The number of amides is 4. The van der Waals surface area contributed by atoms with E-state index in [0.29, 0.717) is 42.1 Å². The molecule has 0 heterocycles. The van der Waals surface area contributed by atoms with E-state index in [2.05, 4.69) is 40.8 Å². The van der Waals surface area contributed by atoms with Gasteiger partial charge >= 0.3 is 12.1 Å². The first-order chi connectivity index (χ1) is 21.1. The molecule has 0 aromatic heterocycles. The number of benzene rings is 3. The summed E-state index contributed by atoms with van der Waals surface area (Å²) in [6.45, 7) is 11.2. The maximum absolute atomic E-state index is 13.5. The van der Waals surface area contributed by atoms with E-state index in [1.54, 1.807) is 74.2 Å². The quantitative estimate of drug-likeness (QED) is 0.215. The molecule has 4 amide bonds. The van der Waals surface area contributed by atoms with Gasteiger partial charge in [-0.05, 0) is 87.8 Å². The van der Waals surface area contributed by atoms with E-state index in [1.165, 1.54) is 0 Å². The van der Waals surface area contributed by atoms with Gasteiger partial charge in [-0.2, -0.15) is 5.26 Å². The molecule has 0 atom stereocenters. The fourth-order valence-corrected chi connectivity index (χ4v) is 4.91. The van der Waals surface area contributed by atoms with Crippen LogP contribution in [-0.2, 0) is 17.7 Å². The van der Waals surface area contributed by atoms with Gasteiger partial charge in [0.1, 0.15) is 5.60 Å². The number of nitriles is 1. The van der Waals surface area contributed by atoms with Crippen LogP contribution in [-0.4, -0.2) is 60.6 Å². The van der Waals surface area contributed by atoms with Gasteiger partial charge in [0.15, 0.2) is 0 Å². The van der Waals surface area contributed by atoms with Crippen LogP contribution in [0.4, 0.5) is 26.7 Å². The minimum atomic E-state index is -0.660. The molecule has 0 spiro atoms. The number of carbonyl (C=O) groups excluding carboxylic acids is 3. The number of carbonyl (C=O) groups is 3. The molecule has 0 saturated carbocycles. The molecule has 10 nitrogen and oxygen atoms in total. The highest BCUT2D eigenvalue weighted by atomic mass is 16.6. The summed E-state index contributed by atoms with van der Waals surface area (Å²) < 4.78 is 5.34. The molecule has 0 aliphatic carbocycles. The van der Waals surface area contributed by atoms with Gasteiger partial charge in [0.05, 0.1) is 23.9 Å². The Morgan fingerprint density at radius 1 is 0.778 bits per heavy atom. The Morgan fingerprint density at radius 3 is 1.91 bits per heavy atom. The topological polar surface area (TPSA) is 127 Å². The summed E-state index contributed by atoms with van der Waals surface area (Å²) >= 11 is 0. The largest absolute Gasteiger partial charge is 0.444 e. The summed E-state index contributed by atoms with van der Waals surface area (Å²) in [5.41, 5.74) is 2.80. The number of hydrogen-bond acceptors (Lipinski definition) is 6. The van der Waals surface area contributed by atoms with Crippen LogP contribution in [0.3, 0.4) is 0 Å². The minimum Gasteiger partial charge on any atom is -0.444 e. The normalized spacial score (nSPS) is 11.4. The van der Waals surface area contributed by atoms with Crippen molar-refractivity contribution in [3.05, 3.63) is 89.5 Å². The standard InChI is InChI=1S/C35H44N6O4/c1-34(2,3)45-33(44)39-30-11-9-8-10-29(30)38-31(42)27-16-12-26(13-17-27)22-41(24-35(4,5)23-40(6)7)32(43)37-28-18-14-25(15-19-28)20-21-36/h8-19H,20,22-24H2,1-7H3,(H,37,43)(H,38,42)(H,39,44). The Bertz CT molecular complexity index is 1500. The molecular weight excluding hydrogens is 568 g/mol. The second kappa shape index (κ2) is 15.2. The van der Waals surface area contributed by atoms with Crippen LogP contribution in [0.1, 0.15) is 56.1 Å². The van der Waals surface area contributed by atoms with E-state index in [9.17, 15) is 14.4 Å². The van der Waals surface area contributed by atoms with E-state index < -0.39 is 11.7 Å². The molecule has 45 heavy (non-hydrogen) atoms. The molecule has 238 valence electrons. The smallest absolute Gasteiger partial charge is 0.412 e. The van der Waals surface area contributed by atoms with Gasteiger partial charge in [0.25, 0.3) is 5.91 Å². The first-order valence-electron chi connectivity index (χ1n) is 14.8. The minimum absolute atomic E-state index is 0.196. The third-order valence-corrected chi connectivity index (χ3v) is 6.54. The van der Waals surface area contributed by atoms with Gasteiger partial charge in [0, 0.05) is 30.9 Å². The number of nitrogens with one attached hydrogen (secondary N) is 3. The van der Waals surface area contributed by atoms with Crippen molar-refractivity contribution < 1.29 is 19.1 Å². The Hall–Kier alpha value is -4.88. The summed E-state index contributed by atoms with van der Waals surface area (Å²) in [5.74, 6) is -0.346. The molecular formula is C35H44N6O4. The van der Waals surface area contributed by atoms with Crippen LogP contribution in [0.5, 0.6) is 0 Å². The van der Waals surface area contributed by atoms with Gasteiger partial charge in [-0.15, -0.1) is 0 Å². The summed E-state index contributed by atoms with van der Waals surface area (Å²) in [5, 5.41) is 17.5. The Morgan fingerprint density at radius 2 is 1.36 bits per heavy atom. The number of urea groups is 1. The zero-order valence-electron chi connectivity index (χ0n) is 27.2. The van der Waals surface area contributed by atoms with Gasteiger partial charge in [0.2, 0.25) is 0 Å². The maximum atomic E-state index is 13.5. The predicted octanol–water partition coefficient (Wildman–Crippen LogP) is 6.97. The number of anilines is 3. The fraction of sp³-hybridized carbons (Fsp3) is 0.371. The molecule has 0 aliphatic rings. The van der Waals surface area contributed by atoms with Crippen molar-refractivity contribution in [3.63, 3.8) is 0 Å². The lowest BCUT2D eigenvalue weighted by Gasteiger charge is -2.34. The molecule has 3 rings (SSSR count). The summed E-state index contributed by atoms with van der Waals surface area (Å²) in [6.07, 6.45) is -0.310. The summed E-state index contributed by atoms with van der Waals surface area (Å²) in [7, 11) is 4.01. The van der Waals surface area contributed by atoms with Crippen LogP contribution < -0.4 is 16.0 Å². The number of nitrogens with zero attached hydrogens (tertiary/aromatic N) is 3. The van der Waals surface area contributed by atoms with Crippen LogP contribution >= 0.6 is 0 Å².